The van der Waals surface area contributed by atoms with Gasteiger partial charge in [0.2, 0.25) is 0 Å². The van der Waals surface area contributed by atoms with Gasteiger partial charge in [-0.3, -0.25) is 5.10 Å². The molecule has 0 aliphatic rings. The van der Waals surface area contributed by atoms with Crippen molar-refractivity contribution in [2.45, 2.75) is 12.6 Å². The van der Waals surface area contributed by atoms with Gasteiger partial charge in [0.1, 0.15) is 5.69 Å². The van der Waals surface area contributed by atoms with Gasteiger partial charge >= 0.3 is 12.1 Å². The lowest BCUT2D eigenvalue weighted by Gasteiger charge is -2.06. The Balaban J connectivity index is 1.83. The van der Waals surface area contributed by atoms with E-state index in [4.69, 9.17) is 4.74 Å². The summed E-state index contributed by atoms with van der Waals surface area (Å²) in [5.41, 5.74) is -0.121. The molecule has 22 heavy (non-hydrogen) atoms. The van der Waals surface area contributed by atoms with Crippen LogP contribution in [0.1, 0.15) is 16.8 Å². The molecular formula is C15H13F3N2O2. The van der Waals surface area contributed by atoms with Crippen molar-refractivity contribution in [3.8, 4) is 0 Å². The second-order valence-corrected chi connectivity index (χ2v) is 4.43. The number of aromatic nitrogens is 2. The SMILES string of the molecule is O=C(/C=C/c1ccccc1)OCCc1cn[nH]c1C(F)(F)F. The number of nitrogens with zero attached hydrogens (tertiary/aromatic N) is 1. The van der Waals surface area contributed by atoms with Gasteiger partial charge in [0.25, 0.3) is 0 Å². The summed E-state index contributed by atoms with van der Waals surface area (Å²) in [5, 5.41) is 5.26. The van der Waals surface area contributed by atoms with Crippen molar-refractivity contribution < 1.29 is 22.7 Å². The summed E-state index contributed by atoms with van der Waals surface area (Å²) in [4.78, 5) is 11.5. The van der Waals surface area contributed by atoms with Crippen LogP contribution in [0.2, 0.25) is 0 Å². The highest BCUT2D eigenvalue weighted by Gasteiger charge is 2.35. The number of aromatic amines is 1. The van der Waals surface area contributed by atoms with Crippen molar-refractivity contribution in [3.05, 3.63) is 59.4 Å². The lowest BCUT2D eigenvalue weighted by Crippen LogP contribution is -2.11. The minimum Gasteiger partial charge on any atom is -0.462 e. The van der Waals surface area contributed by atoms with Crippen LogP contribution in [0.3, 0.4) is 0 Å². The largest absolute Gasteiger partial charge is 0.462 e. The molecule has 0 atom stereocenters. The number of carbonyl (C=O) groups is 1. The van der Waals surface area contributed by atoms with Gasteiger partial charge < -0.3 is 4.74 Å². The highest BCUT2D eigenvalue weighted by Crippen LogP contribution is 2.30. The lowest BCUT2D eigenvalue weighted by molar-refractivity contribution is -0.141. The molecule has 0 aliphatic carbocycles. The molecule has 0 fully saturated rings. The standard InChI is InChI=1S/C15H13F3N2O2/c16-15(17,18)14-12(10-19-20-14)8-9-22-13(21)7-6-11-4-2-1-3-5-11/h1-7,10H,8-9H2,(H,19,20)/b7-6+. The average molecular weight is 310 g/mol. The summed E-state index contributed by atoms with van der Waals surface area (Å²) in [6.07, 6.45) is -0.674. The number of H-pyrrole nitrogens is 1. The van der Waals surface area contributed by atoms with Crippen molar-refractivity contribution in [1.29, 1.82) is 0 Å². The molecule has 1 aromatic carbocycles. The van der Waals surface area contributed by atoms with E-state index in [2.05, 4.69) is 5.10 Å². The second-order valence-electron chi connectivity index (χ2n) is 4.43. The normalized spacial score (nSPS) is 11.8. The molecule has 2 aromatic rings. The number of esters is 1. The average Bonchev–Trinajstić information content (AvgIpc) is 2.95. The topological polar surface area (TPSA) is 55.0 Å². The van der Waals surface area contributed by atoms with Gasteiger partial charge in [-0.05, 0) is 11.6 Å². The summed E-state index contributed by atoms with van der Waals surface area (Å²) in [6.45, 7) is -0.152. The Morgan fingerprint density at radius 2 is 2.00 bits per heavy atom. The molecule has 1 heterocycles. The third kappa shape index (κ3) is 4.47. The maximum atomic E-state index is 12.6. The zero-order valence-electron chi connectivity index (χ0n) is 11.4. The number of carbonyl (C=O) groups excluding carboxylic acids is 1. The Morgan fingerprint density at radius 3 is 2.68 bits per heavy atom. The Bertz CT molecular complexity index is 648. The monoisotopic (exact) mass is 310 g/mol. The van der Waals surface area contributed by atoms with E-state index in [0.717, 1.165) is 11.8 Å². The number of ether oxygens (including phenoxy) is 1. The smallest absolute Gasteiger partial charge is 0.433 e. The predicted octanol–water partition coefficient (Wildman–Crippen LogP) is 3.23. The van der Waals surface area contributed by atoms with Gasteiger partial charge in [-0.2, -0.15) is 18.3 Å². The number of benzene rings is 1. The number of hydrogen-bond donors (Lipinski definition) is 1. The van der Waals surface area contributed by atoms with Crippen LogP contribution in [0, 0.1) is 0 Å². The van der Waals surface area contributed by atoms with Crippen molar-refractivity contribution in [1.82, 2.24) is 10.2 Å². The lowest BCUT2D eigenvalue weighted by atomic mass is 10.2. The molecule has 4 nitrogen and oxygen atoms in total. The molecule has 0 unspecified atom stereocenters. The summed E-state index contributed by atoms with van der Waals surface area (Å²) in [7, 11) is 0. The van der Waals surface area contributed by atoms with Gasteiger partial charge in [-0.25, -0.2) is 4.79 Å². The van der Waals surface area contributed by atoms with Crippen LogP contribution in [-0.2, 0) is 22.1 Å². The van der Waals surface area contributed by atoms with E-state index >= 15 is 0 Å². The molecule has 1 aromatic heterocycles. The fourth-order valence-corrected chi connectivity index (χ4v) is 1.78. The van der Waals surface area contributed by atoms with Gasteiger partial charge in [0.15, 0.2) is 0 Å². The highest BCUT2D eigenvalue weighted by atomic mass is 19.4. The van der Waals surface area contributed by atoms with Crippen molar-refractivity contribution in [2.24, 2.45) is 0 Å². The molecule has 2 rings (SSSR count). The number of alkyl halides is 3. The first kappa shape index (κ1) is 15.8. The van der Waals surface area contributed by atoms with Gasteiger partial charge in [0.05, 0.1) is 12.8 Å². The van der Waals surface area contributed by atoms with E-state index in [9.17, 15) is 18.0 Å². The first-order valence-electron chi connectivity index (χ1n) is 6.46. The van der Waals surface area contributed by atoms with E-state index in [1.165, 1.54) is 6.08 Å². The van der Waals surface area contributed by atoms with E-state index < -0.39 is 17.8 Å². The predicted molar refractivity (Wildman–Crippen MR) is 73.7 cm³/mol. The number of halogens is 3. The minimum absolute atomic E-state index is 0.0349. The molecule has 0 bridgehead atoms. The Kier molecular flexibility index (Phi) is 4.98. The third-order valence-electron chi connectivity index (χ3n) is 2.83. The van der Waals surface area contributed by atoms with E-state index in [0.29, 0.717) is 0 Å². The molecule has 1 N–H and O–H groups in total. The van der Waals surface area contributed by atoms with Crippen LogP contribution >= 0.6 is 0 Å². The molecular weight excluding hydrogens is 297 g/mol. The summed E-state index contributed by atoms with van der Waals surface area (Å²) < 4.78 is 42.6. The Morgan fingerprint density at radius 1 is 1.27 bits per heavy atom. The van der Waals surface area contributed by atoms with Gasteiger partial charge in [0, 0.05) is 18.1 Å². The Hall–Kier alpha value is -2.57. The van der Waals surface area contributed by atoms with E-state index in [1.807, 2.05) is 35.4 Å². The molecule has 7 heteroatoms. The number of nitrogens with one attached hydrogen (secondary N) is 1. The van der Waals surface area contributed by atoms with E-state index in [1.54, 1.807) is 6.08 Å². The van der Waals surface area contributed by atoms with E-state index in [-0.39, 0.29) is 18.6 Å². The van der Waals surface area contributed by atoms with Crippen molar-refractivity contribution in [3.63, 3.8) is 0 Å². The maximum absolute atomic E-state index is 12.6. The van der Waals surface area contributed by atoms with Crippen LogP contribution in [-0.4, -0.2) is 22.8 Å². The zero-order chi connectivity index (χ0) is 16.0. The van der Waals surface area contributed by atoms with Crippen LogP contribution < -0.4 is 0 Å². The maximum Gasteiger partial charge on any atom is 0.433 e. The molecule has 0 amide bonds. The quantitative estimate of drug-likeness (QED) is 0.681. The fraction of sp³-hybridized carbons (Fsp3) is 0.200. The summed E-state index contributed by atoms with van der Waals surface area (Å²) in [5.74, 6) is -0.610. The van der Waals surface area contributed by atoms with Gasteiger partial charge in [-0.1, -0.05) is 30.3 Å². The van der Waals surface area contributed by atoms with Crippen LogP contribution in [0.15, 0.2) is 42.6 Å². The Labute approximate surface area is 124 Å². The summed E-state index contributed by atoms with van der Waals surface area (Å²) in [6, 6.07) is 9.11. The van der Waals surface area contributed by atoms with Crippen molar-refractivity contribution in [2.75, 3.05) is 6.61 Å². The van der Waals surface area contributed by atoms with Crippen LogP contribution in [0.5, 0.6) is 0 Å². The molecule has 0 aliphatic heterocycles. The molecule has 0 saturated carbocycles. The first-order chi connectivity index (χ1) is 10.5. The molecule has 0 spiro atoms. The third-order valence-corrected chi connectivity index (χ3v) is 2.83. The number of rotatable bonds is 5. The first-order valence-corrected chi connectivity index (χ1v) is 6.46. The van der Waals surface area contributed by atoms with Crippen LogP contribution in [0.25, 0.3) is 6.08 Å². The molecule has 0 saturated heterocycles. The van der Waals surface area contributed by atoms with Crippen molar-refractivity contribution >= 4 is 12.0 Å². The minimum atomic E-state index is -4.50. The van der Waals surface area contributed by atoms with Gasteiger partial charge in [-0.15, -0.1) is 0 Å². The second kappa shape index (κ2) is 6.93. The molecule has 116 valence electrons. The highest BCUT2D eigenvalue weighted by molar-refractivity contribution is 5.87. The van der Waals surface area contributed by atoms with Crippen LogP contribution in [0.4, 0.5) is 13.2 Å². The molecule has 0 radical (unpaired) electrons. The number of hydrogen-bond acceptors (Lipinski definition) is 3. The summed E-state index contributed by atoms with van der Waals surface area (Å²) >= 11 is 0. The fourth-order valence-electron chi connectivity index (χ4n) is 1.78. The zero-order valence-corrected chi connectivity index (χ0v) is 11.4.